The topological polar surface area (TPSA) is 37.3 Å². The highest BCUT2D eigenvalue weighted by Gasteiger charge is 2.19. The Morgan fingerprint density at radius 2 is 1.42 bits per heavy atom. The molecule has 19 heavy (non-hydrogen) atoms. The van der Waals surface area contributed by atoms with Gasteiger partial charge in [0.25, 0.3) is 0 Å². The van der Waals surface area contributed by atoms with Gasteiger partial charge in [-0.2, -0.15) is 0 Å². The van der Waals surface area contributed by atoms with Gasteiger partial charge in [-0.3, -0.25) is 4.79 Å². The minimum absolute atomic E-state index is 0.337. The molecule has 1 aliphatic carbocycles. The third kappa shape index (κ3) is 8.85. The first-order valence-corrected chi connectivity index (χ1v) is 8.15. The fourth-order valence-corrected chi connectivity index (χ4v) is 2.65. The van der Waals surface area contributed by atoms with Crippen LogP contribution in [0.1, 0.15) is 90.4 Å². The Hall–Kier alpha value is -0.790. The van der Waals surface area contributed by atoms with Crippen LogP contribution in [0.5, 0.6) is 0 Å². The van der Waals surface area contributed by atoms with Crippen molar-refractivity contribution in [2.45, 2.75) is 90.4 Å². The second-order valence-corrected chi connectivity index (χ2v) is 5.86. The molecule has 2 heteroatoms. The van der Waals surface area contributed by atoms with Gasteiger partial charge in [-0.1, -0.05) is 56.6 Å². The molecule has 0 heterocycles. The third-order valence-corrected chi connectivity index (χ3v) is 4.00. The van der Waals surface area contributed by atoms with E-state index in [1.807, 2.05) is 0 Å². The van der Waals surface area contributed by atoms with E-state index in [2.05, 4.69) is 6.92 Å². The minimum Gasteiger partial charge on any atom is -0.481 e. The van der Waals surface area contributed by atoms with Crippen LogP contribution in [0.4, 0.5) is 0 Å². The normalized spacial score (nSPS) is 13.9. The standard InChI is InChI=1S/C17H30O2/c1-2-3-4-5-6-8-11-15-14-16(15)12-9-7-10-13-17(18)19/h2-14H2,1H3,(H,18,19). The molecular formula is C17H30O2. The van der Waals surface area contributed by atoms with Gasteiger partial charge in [0.15, 0.2) is 0 Å². The van der Waals surface area contributed by atoms with Crippen molar-refractivity contribution in [3.63, 3.8) is 0 Å². The van der Waals surface area contributed by atoms with Crippen molar-refractivity contribution in [2.24, 2.45) is 0 Å². The Balaban J connectivity index is 1.88. The van der Waals surface area contributed by atoms with E-state index in [4.69, 9.17) is 5.11 Å². The van der Waals surface area contributed by atoms with Crippen molar-refractivity contribution >= 4 is 5.97 Å². The summed E-state index contributed by atoms with van der Waals surface area (Å²) in [4.78, 5) is 10.4. The predicted octanol–water partition coefficient (Wildman–Crippen LogP) is 5.47. The van der Waals surface area contributed by atoms with Crippen LogP contribution in [-0.2, 0) is 4.79 Å². The van der Waals surface area contributed by atoms with E-state index in [0.29, 0.717) is 6.42 Å². The summed E-state index contributed by atoms with van der Waals surface area (Å²) in [6.07, 6.45) is 15.6. The van der Waals surface area contributed by atoms with Crippen molar-refractivity contribution in [3.05, 3.63) is 11.1 Å². The maximum atomic E-state index is 10.4. The van der Waals surface area contributed by atoms with Gasteiger partial charge in [0.2, 0.25) is 0 Å². The fourth-order valence-electron chi connectivity index (χ4n) is 2.65. The second kappa shape index (κ2) is 10.1. The van der Waals surface area contributed by atoms with Gasteiger partial charge < -0.3 is 5.11 Å². The summed E-state index contributed by atoms with van der Waals surface area (Å²) < 4.78 is 0. The average Bonchev–Trinajstić information content (AvgIpc) is 3.11. The first-order chi connectivity index (χ1) is 9.24. The molecule has 0 aromatic carbocycles. The molecule has 0 amide bonds. The molecule has 0 aromatic heterocycles. The molecule has 0 spiro atoms. The number of hydrogen-bond donors (Lipinski definition) is 1. The number of aliphatic carboxylic acids is 1. The lowest BCUT2D eigenvalue weighted by Gasteiger charge is -1.98. The Kier molecular flexibility index (Phi) is 8.61. The van der Waals surface area contributed by atoms with E-state index in [1.165, 1.54) is 64.2 Å². The first kappa shape index (κ1) is 16.3. The van der Waals surface area contributed by atoms with E-state index in [-0.39, 0.29) is 0 Å². The number of unbranched alkanes of at least 4 members (excludes halogenated alkanes) is 7. The summed E-state index contributed by atoms with van der Waals surface area (Å²) in [7, 11) is 0. The van der Waals surface area contributed by atoms with Crippen LogP contribution in [0, 0.1) is 0 Å². The number of allylic oxidation sites excluding steroid dienone is 2. The van der Waals surface area contributed by atoms with Crippen molar-refractivity contribution in [2.75, 3.05) is 0 Å². The Labute approximate surface area is 118 Å². The molecule has 2 nitrogen and oxygen atoms in total. The summed E-state index contributed by atoms with van der Waals surface area (Å²) in [5.41, 5.74) is 3.40. The average molecular weight is 266 g/mol. The van der Waals surface area contributed by atoms with Gasteiger partial charge in [0, 0.05) is 6.42 Å². The lowest BCUT2D eigenvalue weighted by molar-refractivity contribution is -0.137. The molecule has 1 aliphatic rings. The van der Waals surface area contributed by atoms with Crippen LogP contribution in [0.3, 0.4) is 0 Å². The molecule has 1 N–H and O–H groups in total. The second-order valence-electron chi connectivity index (χ2n) is 5.86. The van der Waals surface area contributed by atoms with Gasteiger partial charge in [-0.25, -0.2) is 0 Å². The molecule has 110 valence electrons. The quantitative estimate of drug-likeness (QED) is 0.354. The zero-order chi connectivity index (χ0) is 13.9. The molecule has 0 fully saturated rings. The molecule has 0 aromatic rings. The summed E-state index contributed by atoms with van der Waals surface area (Å²) in [6, 6.07) is 0. The van der Waals surface area contributed by atoms with Gasteiger partial charge >= 0.3 is 5.97 Å². The highest BCUT2D eigenvalue weighted by molar-refractivity contribution is 5.66. The summed E-state index contributed by atoms with van der Waals surface area (Å²) >= 11 is 0. The van der Waals surface area contributed by atoms with Crippen molar-refractivity contribution in [1.29, 1.82) is 0 Å². The summed E-state index contributed by atoms with van der Waals surface area (Å²) in [5, 5.41) is 8.54. The molecule has 0 atom stereocenters. The van der Waals surface area contributed by atoms with Crippen LogP contribution in [0.25, 0.3) is 0 Å². The smallest absolute Gasteiger partial charge is 0.303 e. The predicted molar refractivity (Wildman–Crippen MR) is 80.4 cm³/mol. The third-order valence-electron chi connectivity index (χ3n) is 4.00. The fraction of sp³-hybridized carbons (Fsp3) is 0.824. The Morgan fingerprint density at radius 3 is 2.00 bits per heavy atom. The molecular weight excluding hydrogens is 236 g/mol. The Bertz CT molecular complexity index is 292. The van der Waals surface area contributed by atoms with Gasteiger partial charge in [-0.05, 0) is 38.5 Å². The molecule has 0 saturated heterocycles. The number of rotatable bonds is 13. The van der Waals surface area contributed by atoms with Crippen LogP contribution < -0.4 is 0 Å². The number of carboxylic acids is 1. The molecule has 1 rings (SSSR count). The van der Waals surface area contributed by atoms with Gasteiger partial charge in [-0.15, -0.1) is 0 Å². The molecule has 0 saturated carbocycles. The van der Waals surface area contributed by atoms with Crippen LogP contribution >= 0.6 is 0 Å². The van der Waals surface area contributed by atoms with Crippen LogP contribution in [0.15, 0.2) is 11.1 Å². The van der Waals surface area contributed by atoms with E-state index < -0.39 is 5.97 Å². The van der Waals surface area contributed by atoms with Gasteiger partial charge in [0.05, 0.1) is 0 Å². The van der Waals surface area contributed by atoms with E-state index in [1.54, 1.807) is 11.1 Å². The van der Waals surface area contributed by atoms with E-state index in [0.717, 1.165) is 12.8 Å². The Morgan fingerprint density at radius 1 is 0.895 bits per heavy atom. The van der Waals surface area contributed by atoms with Gasteiger partial charge in [0.1, 0.15) is 0 Å². The zero-order valence-corrected chi connectivity index (χ0v) is 12.5. The highest BCUT2D eigenvalue weighted by atomic mass is 16.4. The monoisotopic (exact) mass is 266 g/mol. The highest BCUT2D eigenvalue weighted by Crippen LogP contribution is 2.38. The maximum absolute atomic E-state index is 10.4. The largest absolute Gasteiger partial charge is 0.481 e. The van der Waals surface area contributed by atoms with Crippen LogP contribution in [-0.4, -0.2) is 11.1 Å². The number of carbonyl (C=O) groups is 1. The van der Waals surface area contributed by atoms with Crippen molar-refractivity contribution in [1.82, 2.24) is 0 Å². The van der Waals surface area contributed by atoms with Crippen molar-refractivity contribution in [3.8, 4) is 0 Å². The minimum atomic E-state index is -0.658. The van der Waals surface area contributed by atoms with E-state index >= 15 is 0 Å². The molecule has 0 aliphatic heterocycles. The zero-order valence-electron chi connectivity index (χ0n) is 12.5. The number of carboxylic acid groups (broad SMARTS) is 1. The summed E-state index contributed by atoms with van der Waals surface area (Å²) in [5.74, 6) is -0.658. The van der Waals surface area contributed by atoms with Crippen LogP contribution in [0.2, 0.25) is 0 Å². The lowest BCUT2D eigenvalue weighted by Crippen LogP contribution is -1.93. The molecule has 0 bridgehead atoms. The molecule has 0 unspecified atom stereocenters. The first-order valence-electron chi connectivity index (χ1n) is 8.15. The van der Waals surface area contributed by atoms with Crippen molar-refractivity contribution < 1.29 is 9.90 Å². The molecule has 0 radical (unpaired) electrons. The lowest BCUT2D eigenvalue weighted by atomic mass is 10.1. The number of hydrogen-bond acceptors (Lipinski definition) is 1. The SMILES string of the molecule is CCCCCCCCC1=C(CCCCCC(=O)O)C1. The summed E-state index contributed by atoms with van der Waals surface area (Å²) in [6.45, 7) is 2.26. The van der Waals surface area contributed by atoms with E-state index in [9.17, 15) is 4.79 Å². The maximum Gasteiger partial charge on any atom is 0.303 e.